The van der Waals surface area contributed by atoms with Crippen LogP contribution in [0.4, 0.5) is 15.8 Å². The van der Waals surface area contributed by atoms with Crippen LogP contribution in [0.1, 0.15) is 36.2 Å². The molecule has 0 unspecified atom stereocenters. The number of nitrogens with one attached hydrogen (secondary N) is 1. The molecule has 1 N–H and O–H groups in total. The van der Waals surface area contributed by atoms with Crippen molar-refractivity contribution in [2.75, 3.05) is 23.4 Å². The lowest BCUT2D eigenvalue weighted by Gasteiger charge is -2.24. The number of rotatable bonds is 10. The van der Waals surface area contributed by atoms with Gasteiger partial charge >= 0.3 is 5.97 Å². The van der Waals surface area contributed by atoms with Crippen molar-refractivity contribution in [3.8, 4) is 5.75 Å². The maximum atomic E-state index is 14.5. The Hall–Kier alpha value is -4.31. The third kappa shape index (κ3) is 6.40. The standard InChI is InChI=1S/C29H28FN3O5S/c1-3-37-23-15-11-21(12-16-23)31-26(34)17-25-27(35)33(22-13-9-19(10-14-22)28(36)38-4-2)29(39)32(25)18-20-7-5-6-8-24(20)30/h5-16,25H,3-4,17-18H2,1-2H3,(H,31,34)/t25-/m1/s1. The summed E-state index contributed by atoms with van der Waals surface area (Å²) in [5, 5.41) is 2.93. The highest BCUT2D eigenvalue weighted by Crippen LogP contribution is 2.30. The van der Waals surface area contributed by atoms with Gasteiger partial charge in [-0.15, -0.1) is 0 Å². The van der Waals surface area contributed by atoms with Gasteiger partial charge in [-0.1, -0.05) is 18.2 Å². The molecule has 3 aromatic carbocycles. The number of thiocarbonyl (C=S) groups is 1. The molecular weight excluding hydrogens is 521 g/mol. The van der Waals surface area contributed by atoms with E-state index in [0.29, 0.717) is 34.9 Å². The van der Waals surface area contributed by atoms with Crippen LogP contribution < -0.4 is 15.0 Å². The molecule has 39 heavy (non-hydrogen) atoms. The van der Waals surface area contributed by atoms with E-state index < -0.39 is 29.6 Å². The molecule has 10 heteroatoms. The van der Waals surface area contributed by atoms with Crippen molar-refractivity contribution in [3.63, 3.8) is 0 Å². The van der Waals surface area contributed by atoms with Crippen LogP contribution in [0.25, 0.3) is 0 Å². The van der Waals surface area contributed by atoms with Crippen LogP contribution in [0.3, 0.4) is 0 Å². The molecule has 0 radical (unpaired) electrons. The lowest BCUT2D eigenvalue weighted by Crippen LogP contribution is -2.37. The molecule has 1 fully saturated rings. The second-order valence-corrected chi connectivity index (χ2v) is 9.03. The number of nitrogens with zero attached hydrogens (tertiary/aromatic N) is 2. The van der Waals surface area contributed by atoms with E-state index in [1.54, 1.807) is 66.4 Å². The fraction of sp³-hybridized carbons (Fsp3) is 0.241. The number of halogens is 1. The number of esters is 1. The summed E-state index contributed by atoms with van der Waals surface area (Å²) in [6.45, 7) is 4.35. The van der Waals surface area contributed by atoms with E-state index >= 15 is 0 Å². The Labute approximate surface area is 231 Å². The highest BCUT2D eigenvalue weighted by molar-refractivity contribution is 7.80. The van der Waals surface area contributed by atoms with Crippen molar-refractivity contribution >= 4 is 46.5 Å². The highest BCUT2D eigenvalue weighted by atomic mass is 32.1. The molecule has 202 valence electrons. The lowest BCUT2D eigenvalue weighted by atomic mass is 10.1. The Kier molecular flexibility index (Phi) is 8.88. The van der Waals surface area contributed by atoms with Crippen LogP contribution in [-0.4, -0.2) is 47.1 Å². The number of hydrogen-bond donors (Lipinski definition) is 1. The van der Waals surface area contributed by atoms with Gasteiger partial charge in [-0.25, -0.2) is 9.18 Å². The van der Waals surface area contributed by atoms with Gasteiger partial charge in [0.25, 0.3) is 5.91 Å². The van der Waals surface area contributed by atoms with Crippen molar-refractivity contribution < 1.29 is 28.2 Å². The molecule has 1 heterocycles. The summed E-state index contributed by atoms with van der Waals surface area (Å²) in [6, 6.07) is 18.4. The number of anilines is 2. The van der Waals surface area contributed by atoms with Crippen LogP contribution in [0, 0.1) is 5.82 Å². The Morgan fingerprint density at radius 3 is 2.31 bits per heavy atom. The van der Waals surface area contributed by atoms with Gasteiger partial charge < -0.3 is 19.7 Å². The summed E-state index contributed by atoms with van der Waals surface area (Å²) in [4.78, 5) is 41.6. The number of carbonyl (C=O) groups excluding carboxylic acids is 3. The summed E-state index contributed by atoms with van der Waals surface area (Å²) in [7, 11) is 0. The van der Waals surface area contributed by atoms with Gasteiger partial charge in [0, 0.05) is 17.8 Å². The molecule has 3 aromatic rings. The predicted molar refractivity (Wildman–Crippen MR) is 149 cm³/mol. The summed E-state index contributed by atoms with van der Waals surface area (Å²) in [5.41, 5.74) is 1.63. The fourth-order valence-corrected chi connectivity index (χ4v) is 4.60. The number of hydrogen-bond acceptors (Lipinski definition) is 6. The Bertz CT molecular complexity index is 1360. The van der Waals surface area contributed by atoms with Gasteiger partial charge in [-0.2, -0.15) is 0 Å². The first-order chi connectivity index (χ1) is 18.8. The van der Waals surface area contributed by atoms with Crippen molar-refractivity contribution in [1.29, 1.82) is 0 Å². The van der Waals surface area contributed by atoms with Crippen LogP contribution >= 0.6 is 12.2 Å². The smallest absolute Gasteiger partial charge is 0.338 e. The molecule has 1 aliphatic heterocycles. The molecule has 0 saturated carbocycles. The van der Waals surface area contributed by atoms with E-state index in [9.17, 15) is 18.8 Å². The Morgan fingerprint density at radius 2 is 1.67 bits per heavy atom. The number of carbonyl (C=O) groups is 3. The summed E-state index contributed by atoms with van der Waals surface area (Å²) < 4.78 is 25.0. The van der Waals surface area contributed by atoms with Crippen molar-refractivity contribution in [2.24, 2.45) is 0 Å². The summed E-state index contributed by atoms with van der Waals surface area (Å²) in [5.74, 6) is -1.08. The molecule has 0 spiro atoms. The zero-order valence-electron chi connectivity index (χ0n) is 21.6. The molecule has 1 saturated heterocycles. The second-order valence-electron chi connectivity index (χ2n) is 8.67. The van der Waals surface area contributed by atoms with E-state index in [-0.39, 0.29) is 24.7 Å². The molecule has 8 nitrogen and oxygen atoms in total. The molecule has 0 bridgehead atoms. The van der Waals surface area contributed by atoms with Crippen LogP contribution in [0.5, 0.6) is 5.75 Å². The average Bonchev–Trinajstić information content (AvgIpc) is 3.15. The zero-order chi connectivity index (χ0) is 27.9. The van der Waals surface area contributed by atoms with Crippen LogP contribution in [-0.2, 0) is 20.9 Å². The minimum absolute atomic E-state index is 0.00431. The summed E-state index contributed by atoms with van der Waals surface area (Å²) >= 11 is 5.66. The van der Waals surface area contributed by atoms with Crippen molar-refractivity contribution in [3.05, 3.63) is 89.7 Å². The van der Waals surface area contributed by atoms with E-state index in [2.05, 4.69) is 5.32 Å². The Balaban J connectivity index is 1.57. The van der Waals surface area contributed by atoms with E-state index in [4.69, 9.17) is 21.7 Å². The first-order valence-electron chi connectivity index (χ1n) is 12.5. The first-order valence-corrected chi connectivity index (χ1v) is 12.9. The summed E-state index contributed by atoms with van der Waals surface area (Å²) in [6.07, 6.45) is -0.210. The molecule has 4 rings (SSSR count). The molecule has 1 atom stereocenters. The van der Waals surface area contributed by atoms with Crippen LogP contribution in [0.2, 0.25) is 0 Å². The number of benzene rings is 3. The average molecular weight is 550 g/mol. The third-order valence-corrected chi connectivity index (χ3v) is 6.50. The minimum Gasteiger partial charge on any atom is -0.494 e. The highest BCUT2D eigenvalue weighted by Gasteiger charge is 2.44. The lowest BCUT2D eigenvalue weighted by molar-refractivity contribution is -0.124. The second kappa shape index (κ2) is 12.5. The van der Waals surface area contributed by atoms with Gasteiger partial charge in [0.15, 0.2) is 5.11 Å². The van der Waals surface area contributed by atoms with Gasteiger partial charge in [-0.05, 0) is 80.7 Å². The normalized spacial score (nSPS) is 14.9. The van der Waals surface area contributed by atoms with E-state index in [0.717, 1.165) is 0 Å². The van der Waals surface area contributed by atoms with Crippen LogP contribution in [0.15, 0.2) is 72.8 Å². The molecule has 2 amide bonds. The largest absolute Gasteiger partial charge is 0.494 e. The maximum Gasteiger partial charge on any atom is 0.338 e. The number of amides is 2. The monoisotopic (exact) mass is 549 g/mol. The molecular formula is C29H28FN3O5S. The predicted octanol–water partition coefficient (Wildman–Crippen LogP) is 4.93. The molecule has 0 aromatic heterocycles. The van der Waals surface area contributed by atoms with E-state index in [1.807, 2.05) is 6.92 Å². The van der Waals surface area contributed by atoms with Crippen molar-refractivity contribution in [1.82, 2.24) is 4.90 Å². The topological polar surface area (TPSA) is 88.2 Å². The molecule has 0 aliphatic carbocycles. The van der Waals surface area contributed by atoms with Gasteiger partial charge in [0.1, 0.15) is 17.6 Å². The maximum absolute atomic E-state index is 14.5. The minimum atomic E-state index is -0.968. The number of ether oxygens (including phenoxy) is 2. The fourth-order valence-electron chi connectivity index (χ4n) is 4.21. The first kappa shape index (κ1) is 27.7. The quantitative estimate of drug-likeness (QED) is 0.283. The van der Waals surface area contributed by atoms with Gasteiger partial charge in [0.2, 0.25) is 5.91 Å². The zero-order valence-corrected chi connectivity index (χ0v) is 22.4. The SMILES string of the molecule is CCOC(=O)c1ccc(N2C(=O)[C@@H](CC(=O)Nc3ccc(OCC)cc3)N(Cc3ccccc3F)C2=S)cc1. The van der Waals surface area contributed by atoms with E-state index in [1.165, 1.54) is 23.1 Å². The Morgan fingerprint density at radius 1 is 0.974 bits per heavy atom. The molecule has 1 aliphatic rings. The van der Waals surface area contributed by atoms with Gasteiger partial charge in [0.05, 0.1) is 30.9 Å². The van der Waals surface area contributed by atoms with Crippen molar-refractivity contribution in [2.45, 2.75) is 32.9 Å². The van der Waals surface area contributed by atoms with Gasteiger partial charge in [-0.3, -0.25) is 14.5 Å². The third-order valence-electron chi connectivity index (χ3n) is 6.08.